The van der Waals surface area contributed by atoms with Gasteiger partial charge in [-0.15, -0.1) is 0 Å². The van der Waals surface area contributed by atoms with E-state index in [9.17, 15) is 19.5 Å². The van der Waals surface area contributed by atoms with Crippen LogP contribution in [0.2, 0.25) is 0 Å². The van der Waals surface area contributed by atoms with Crippen molar-refractivity contribution in [3.63, 3.8) is 0 Å². The lowest BCUT2D eigenvalue weighted by molar-refractivity contribution is -0.132. The van der Waals surface area contributed by atoms with Gasteiger partial charge in [-0.2, -0.15) is 0 Å². The molecule has 1 atom stereocenters. The number of amides is 1. The molecule has 0 aliphatic carbocycles. The Morgan fingerprint density at radius 3 is 2.21 bits per heavy atom. The van der Waals surface area contributed by atoms with Crippen LogP contribution in [0, 0.1) is 6.92 Å². The molecule has 1 fully saturated rings. The van der Waals surface area contributed by atoms with Crippen LogP contribution in [0.4, 0.5) is 5.69 Å². The molecule has 1 heterocycles. The van der Waals surface area contributed by atoms with E-state index in [1.807, 2.05) is 26.8 Å². The molecule has 196 valence electrons. The first-order chi connectivity index (χ1) is 18.1. The van der Waals surface area contributed by atoms with Gasteiger partial charge in [0.1, 0.15) is 11.5 Å². The zero-order valence-electron chi connectivity index (χ0n) is 22.1. The Kier molecular flexibility index (Phi) is 7.67. The highest BCUT2D eigenvalue weighted by Gasteiger charge is 2.47. The van der Waals surface area contributed by atoms with Crippen LogP contribution < -0.4 is 9.64 Å². The highest BCUT2D eigenvalue weighted by atomic mass is 16.5. The maximum Gasteiger partial charge on any atom is 0.338 e. The van der Waals surface area contributed by atoms with E-state index in [2.05, 4.69) is 0 Å². The van der Waals surface area contributed by atoms with Crippen LogP contribution in [0.15, 0.2) is 78.4 Å². The molecule has 7 nitrogen and oxygen atoms in total. The van der Waals surface area contributed by atoms with Gasteiger partial charge in [-0.05, 0) is 82.1 Å². The molecule has 1 N–H and O–H groups in total. The second-order valence-corrected chi connectivity index (χ2v) is 9.73. The van der Waals surface area contributed by atoms with Crippen molar-refractivity contribution in [3.8, 4) is 5.75 Å². The number of ketones is 1. The van der Waals surface area contributed by atoms with E-state index in [0.29, 0.717) is 22.6 Å². The SMILES string of the molecule is Cc1cc(/C(O)=C2\C(=O)C(=O)N(c3cccc(C(=O)OC(C)C)c3)C2c2ccccc2)ccc1OC(C)C. The number of aryl methyl sites for hydroxylation is 1. The van der Waals surface area contributed by atoms with Crippen LogP contribution in [0.1, 0.15) is 60.8 Å². The largest absolute Gasteiger partial charge is 0.507 e. The van der Waals surface area contributed by atoms with Crippen molar-refractivity contribution in [2.45, 2.75) is 52.9 Å². The number of benzene rings is 3. The quantitative estimate of drug-likeness (QED) is 0.181. The highest BCUT2D eigenvalue weighted by molar-refractivity contribution is 6.51. The third kappa shape index (κ3) is 5.32. The fourth-order valence-electron chi connectivity index (χ4n) is 4.45. The third-order valence-electron chi connectivity index (χ3n) is 6.07. The number of hydrogen-bond acceptors (Lipinski definition) is 6. The predicted octanol–water partition coefficient (Wildman–Crippen LogP) is 5.97. The van der Waals surface area contributed by atoms with Crippen LogP contribution in [-0.4, -0.2) is 35.0 Å². The van der Waals surface area contributed by atoms with Crippen LogP contribution >= 0.6 is 0 Å². The molecule has 1 aliphatic heterocycles. The number of rotatable bonds is 7. The van der Waals surface area contributed by atoms with Crippen LogP contribution in [-0.2, 0) is 14.3 Å². The summed E-state index contributed by atoms with van der Waals surface area (Å²) in [4.78, 5) is 40.7. The lowest BCUT2D eigenvalue weighted by Crippen LogP contribution is -2.29. The Bertz CT molecular complexity index is 1410. The molecule has 4 rings (SSSR count). The number of ether oxygens (including phenoxy) is 2. The van der Waals surface area contributed by atoms with E-state index >= 15 is 0 Å². The van der Waals surface area contributed by atoms with E-state index in [0.717, 1.165) is 5.56 Å². The van der Waals surface area contributed by atoms with Gasteiger partial charge in [0.25, 0.3) is 11.7 Å². The molecule has 1 unspecified atom stereocenters. The smallest absolute Gasteiger partial charge is 0.338 e. The number of hydrogen-bond donors (Lipinski definition) is 1. The zero-order chi connectivity index (χ0) is 27.6. The van der Waals surface area contributed by atoms with Crippen molar-refractivity contribution < 1.29 is 29.0 Å². The summed E-state index contributed by atoms with van der Waals surface area (Å²) in [5, 5.41) is 11.4. The molecule has 1 aliphatic rings. The Labute approximate surface area is 222 Å². The fourth-order valence-corrected chi connectivity index (χ4v) is 4.45. The van der Waals surface area contributed by atoms with Crippen molar-refractivity contribution in [2.75, 3.05) is 4.90 Å². The maximum absolute atomic E-state index is 13.4. The van der Waals surface area contributed by atoms with E-state index in [-0.39, 0.29) is 29.1 Å². The van der Waals surface area contributed by atoms with Gasteiger partial charge in [0.05, 0.1) is 29.4 Å². The summed E-state index contributed by atoms with van der Waals surface area (Å²) in [6.07, 6.45) is -0.337. The lowest BCUT2D eigenvalue weighted by Gasteiger charge is -2.26. The molecule has 0 radical (unpaired) electrons. The minimum absolute atomic E-state index is 0.0230. The summed E-state index contributed by atoms with van der Waals surface area (Å²) >= 11 is 0. The van der Waals surface area contributed by atoms with Gasteiger partial charge in [0.15, 0.2) is 0 Å². The van der Waals surface area contributed by atoms with E-state index < -0.39 is 23.7 Å². The molecule has 3 aromatic rings. The first-order valence-electron chi connectivity index (χ1n) is 12.5. The Balaban J connectivity index is 1.85. The first kappa shape index (κ1) is 26.7. The van der Waals surface area contributed by atoms with E-state index in [4.69, 9.17) is 9.47 Å². The molecule has 3 aromatic carbocycles. The molecule has 7 heteroatoms. The number of aliphatic hydroxyl groups excluding tert-OH is 1. The molecule has 0 aromatic heterocycles. The third-order valence-corrected chi connectivity index (χ3v) is 6.07. The Morgan fingerprint density at radius 1 is 0.868 bits per heavy atom. The van der Waals surface area contributed by atoms with Gasteiger partial charge in [-0.25, -0.2) is 4.79 Å². The topological polar surface area (TPSA) is 93.1 Å². The summed E-state index contributed by atoms with van der Waals surface area (Å²) in [5.74, 6) is -1.76. The standard InChI is InChI=1S/C31H31NO6/c1-18(2)37-25-15-14-22(16-20(25)5)28(33)26-27(21-10-7-6-8-11-21)32(30(35)29(26)34)24-13-9-12-23(17-24)31(36)38-19(3)4/h6-19,27,33H,1-5H3/b28-26+. The van der Waals surface area contributed by atoms with E-state index in [1.54, 1.807) is 74.5 Å². The Morgan fingerprint density at radius 2 is 1.58 bits per heavy atom. The van der Waals surface area contributed by atoms with Crippen molar-refractivity contribution in [3.05, 3.63) is 101 Å². The molecular weight excluding hydrogens is 482 g/mol. The number of carbonyl (C=O) groups is 3. The van der Waals surface area contributed by atoms with Gasteiger partial charge < -0.3 is 14.6 Å². The van der Waals surface area contributed by atoms with Crippen LogP contribution in [0.3, 0.4) is 0 Å². The summed E-state index contributed by atoms with van der Waals surface area (Å²) in [6, 6.07) is 19.6. The number of Topliss-reactive ketones (excluding diaryl/α,β-unsaturated/α-hetero) is 1. The highest BCUT2D eigenvalue weighted by Crippen LogP contribution is 2.42. The van der Waals surface area contributed by atoms with Gasteiger partial charge >= 0.3 is 5.97 Å². The lowest BCUT2D eigenvalue weighted by atomic mass is 9.94. The van der Waals surface area contributed by atoms with Gasteiger partial charge in [-0.1, -0.05) is 36.4 Å². The van der Waals surface area contributed by atoms with Crippen molar-refractivity contribution in [1.29, 1.82) is 0 Å². The summed E-state index contributed by atoms with van der Waals surface area (Å²) in [5.41, 5.74) is 2.38. The van der Waals surface area contributed by atoms with Crippen molar-refractivity contribution in [1.82, 2.24) is 0 Å². The minimum atomic E-state index is -0.903. The summed E-state index contributed by atoms with van der Waals surface area (Å²) in [6.45, 7) is 9.19. The summed E-state index contributed by atoms with van der Waals surface area (Å²) < 4.78 is 11.1. The first-order valence-corrected chi connectivity index (χ1v) is 12.5. The molecule has 0 bridgehead atoms. The normalized spacial score (nSPS) is 16.8. The maximum atomic E-state index is 13.4. The minimum Gasteiger partial charge on any atom is -0.507 e. The van der Waals surface area contributed by atoms with Crippen molar-refractivity contribution in [2.24, 2.45) is 0 Å². The van der Waals surface area contributed by atoms with Gasteiger partial charge in [0.2, 0.25) is 0 Å². The molecule has 0 saturated carbocycles. The number of nitrogens with zero attached hydrogens (tertiary/aromatic N) is 1. The zero-order valence-corrected chi connectivity index (χ0v) is 22.1. The molecule has 38 heavy (non-hydrogen) atoms. The second-order valence-electron chi connectivity index (χ2n) is 9.73. The fraction of sp³-hybridized carbons (Fsp3) is 0.258. The van der Waals surface area contributed by atoms with E-state index in [1.165, 1.54) is 11.0 Å². The molecule has 0 spiro atoms. The number of aliphatic hydroxyl groups is 1. The predicted molar refractivity (Wildman–Crippen MR) is 145 cm³/mol. The Hall–Kier alpha value is -4.39. The molecule has 1 saturated heterocycles. The van der Waals surface area contributed by atoms with Crippen LogP contribution in [0.25, 0.3) is 5.76 Å². The second kappa shape index (κ2) is 10.9. The monoisotopic (exact) mass is 513 g/mol. The average molecular weight is 514 g/mol. The molecular formula is C31H31NO6. The number of anilines is 1. The van der Waals surface area contributed by atoms with Crippen molar-refractivity contribution >= 4 is 29.1 Å². The summed E-state index contributed by atoms with van der Waals surface area (Å²) in [7, 11) is 0. The average Bonchev–Trinajstić information content (AvgIpc) is 3.15. The van der Waals surface area contributed by atoms with Crippen LogP contribution in [0.5, 0.6) is 5.75 Å². The molecule has 1 amide bonds. The van der Waals surface area contributed by atoms with Gasteiger partial charge in [-0.3, -0.25) is 14.5 Å². The number of esters is 1. The van der Waals surface area contributed by atoms with Gasteiger partial charge in [0, 0.05) is 11.3 Å². The number of carbonyl (C=O) groups excluding carboxylic acids is 3.